The van der Waals surface area contributed by atoms with Crippen LogP contribution in [0.15, 0.2) is 42.7 Å². The second kappa shape index (κ2) is 8.45. The van der Waals surface area contributed by atoms with Crippen molar-refractivity contribution in [3.05, 3.63) is 48.3 Å². The smallest absolute Gasteiger partial charge is 0.0594 e. The highest BCUT2D eigenvalue weighted by atomic mass is 16.5. The molecule has 3 heteroatoms. The van der Waals surface area contributed by atoms with E-state index in [1.165, 1.54) is 67.7 Å². The van der Waals surface area contributed by atoms with Gasteiger partial charge >= 0.3 is 0 Å². The van der Waals surface area contributed by atoms with Crippen LogP contribution in [-0.2, 0) is 4.74 Å². The molecule has 0 amide bonds. The lowest BCUT2D eigenvalue weighted by atomic mass is 9.49. The third-order valence-electron chi connectivity index (χ3n) is 11.0. The number of benzene rings is 1. The maximum Gasteiger partial charge on any atom is 0.0594 e. The molecule has 0 radical (unpaired) electrons. The molecule has 4 fully saturated rings. The first kappa shape index (κ1) is 21.6. The van der Waals surface area contributed by atoms with Crippen molar-refractivity contribution in [3.63, 3.8) is 0 Å². The average Bonchev–Trinajstić information content (AvgIpc) is 3.25. The molecule has 4 aliphatic carbocycles. The molecule has 7 rings (SSSR count). The predicted octanol–water partition coefficient (Wildman–Crippen LogP) is 6.58. The third kappa shape index (κ3) is 3.41. The first-order valence-electron chi connectivity index (χ1n) is 14.1. The van der Waals surface area contributed by atoms with E-state index in [1.807, 2.05) is 12.4 Å². The maximum absolute atomic E-state index is 5.63. The van der Waals surface area contributed by atoms with Gasteiger partial charge in [-0.25, -0.2) is 0 Å². The molecule has 180 valence electrons. The van der Waals surface area contributed by atoms with E-state index in [1.54, 1.807) is 5.57 Å². The Morgan fingerprint density at radius 1 is 0.941 bits per heavy atom. The quantitative estimate of drug-likeness (QED) is 0.510. The van der Waals surface area contributed by atoms with Crippen LogP contribution < -0.4 is 0 Å². The number of hydrogen-bond acceptors (Lipinski definition) is 3. The number of aromatic nitrogens is 1. The molecule has 3 saturated carbocycles. The Hall–Kier alpha value is -1.71. The molecule has 1 saturated heterocycles. The number of rotatable bonds is 2. The average molecular weight is 457 g/mol. The summed E-state index contributed by atoms with van der Waals surface area (Å²) in [7, 11) is 0. The van der Waals surface area contributed by atoms with E-state index < -0.39 is 0 Å². The summed E-state index contributed by atoms with van der Waals surface area (Å²) in [4.78, 5) is 7.07. The molecule has 0 bridgehead atoms. The summed E-state index contributed by atoms with van der Waals surface area (Å²) < 4.78 is 5.63. The zero-order chi connectivity index (χ0) is 22.7. The van der Waals surface area contributed by atoms with Crippen LogP contribution in [0.3, 0.4) is 0 Å². The lowest BCUT2D eigenvalue weighted by molar-refractivity contribution is -0.0620. The van der Waals surface area contributed by atoms with Crippen LogP contribution in [0.25, 0.3) is 16.3 Å². The molecule has 0 unspecified atom stereocenters. The Morgan fingerprint density at radius 2 is 1.82 bits per heavy atom. The molecular formula is C31H40N2O. The van der Waals surface area contributed by atoms with Crippen molar-refractivity contribution in [2.45, 2.75) is 64.3 Å². The number of hydrogen-bond donors (Lipinski definition) is 0. The summed E-state index contributed by atoms with van der Waals surface area (Å²) in [5, 5.41) is 2.58. The molecular weight excluding hydrogens is 416 g/mol. The standard InChI is InChI=1S/C31H40N2O/c1-31-12-10-27-26-7-5-25(33-14-16-34-17-15-33)19-22(26)4-6-28(27)30(31)9-8-29(31)23-2-3-24-20-32-13-11-21(24)18-23/h2-3,8,11,13,18,20,22,25-28,30H,4-7,9-10,12,14-17,19H2,1H3/t22-,25-,26-,27+,28+,30-,31+/m0/s1. The van der Waals surface area contributed by atoms with Crippen molar-refractivity contribution < 1.29 is 4.74 Å². The molecule has 2 heterocycles. The van der Waals surface area contributed by atoms with Gasteiger partial charge < -0.3 is 4.74 Å². The maximum atomic E-state index is 5.63. The summed E-state index contributed by atoms with van der Waals surface area (Å²) >= 11 is 0. The minimum Gasteiger partial charge on any atom is -0.379 e. The van der Waals surface area contributed by atoms with Crippen LogP contribution in [0.2, 0.25) is 0 Å². The van der Waals surface area contributed by atoms with Gasteiger partial charge in [0.05, 0.1) is 13.2 Å². The number of ether oxygens (including phenoxy) is 1. The van der Waals surface area contributed by atoms with Gasteiger partial charge in [-0.1, -0.05) is 25.1 Å². The zero-order valence-electron chi connectivity index (χ0n) is 20.8. The molecule has 34 heavy (non-hydrogen) atoms. The Labute approximate surface area is 205 Å². The van der Waals surface area contributed by atoms with Crippen molar-refractivity contribution in [2.24, 2.45) is 35.0 Å². The SMILES string of the molecule is C[C@]12CC[C@H]3[C@@H](CC[C@H]4C[C@@H](N5CCOCC5)CC[C@@H]43)[C@@H]1CC=C2c1ccc2cnccc2c1. The molecule has 7 atom stereocenters. The summed E-state index contributed by atoms with van der Waals surface area (Å²) in [5.41, 5.74) is 3.47. The summed E-state index contributed by atoms with van der Waals surface area (Å²) in [6.07, 6.45) is 18.0. The largest absolute Gasteiger partial charge is 0.379 e. The van der Waals surface area contributed by atoms with Crippen LogP contribution in [-0.4, -0.2) is 42.2 Å². The van der Waals surface area contributed by atoms with Crippen molar-refractivity contribution in [1.82, 2.24) is 9.88 Å². The topological polar surface area (TPSA) is 25.4 Å². The van der Waals surface area contributed by atoms with Gasteiger partial charge in [0.2, 0.25) is 0 Å². The molecule has 5 aliphatic rings. The van der Waals surface area contributed by atoms with E-state index in [-0.39, 0.29) is 0 Å². The molecule has 0 spiro atoms. The number of pyridine rings is 1. The second-order valence-electron chi connectivity index (χ2n) is 12.3. The Balaban J connectivity index is 1.09. The van der Waals surface area contributed by atoms with Gasteiger partial charge in [0, 0.05) is 36.9 Å². The van der Waals surface area contributed by atoms with E-state index in [4.69, 9.17) is 4.74 Å². The van der Waals surface area contributed by atoms with Crippen molar-refractivity contribution in [2.75, 3.05) is 26.3 Å². The molecule has 3 nitrogen and oxygen atoms in total. The zero-order valence-corrected chi connectivity index (χ0v) is 20.8. The minimum absolute atomic E-state index is 0.361. The molecule has 1 aromatic heterocycles. The van der Waals surface area contributed by atoms with E-state index in [0.717, 1.165) is 61.9 Å². The van der Waals surface area contributed by atoms with Crippen molar-refractivity contribution in [1.29, 1.82) is 0 Å². The second-order valence-corrected chi connectivity index (χ2v) is 12.3. The lowest BCUT2D eigenvalue weighted by Crippen LogP contribution is -2.51. The van der Waals surface area contributed by atoms with Crippen molar-refractivity contribution >= 4 is 16.3 Å². The molecule has 2 aromatic rings. The van der Waals surface area contributed by atoms with E-state index >= 15 is 0 Å². The normalized spacial score (nSPS) is 40.3. The van der Waals surface area contributed by atoms with E-state index in [0.29, 0.717) is 5.41 Å². The van der Waals surface area contributed by atoms with Gasteiger partial charge in [-0.2, -0.15) is 0 Å². The fraction of sp³-hybridized carbons (Fsp3) is 0.645. The highest BCUT2D eigenvalue weighted by Crippen LogP contribution is 2.64. The summed E-state index contributed by atoms with van der Waals surface area (Å²) in [6, 6.07) is 10.1. The first-order chi connectivity index (χ1) is 16.7. The third-order valence-corrected chi connectivity index (χ3v) is 11.0. The van der Waals surface area contributed by atoms with E-state index in [2.05, 4.69) is 47.1 Å². The molecule has 1 aliphatic heterocycles. The number of allylic oxidation sites excluding steroid dienone is 2. The van der Waals surface area contributed by atoms with Crippen LogP contribution >= 0.6 is 0 Å². The van der Waals surface area contributed by atoms with E-state index in [9.17, 15) is 0 Å². The lowest BCUT2D eigenvalue weighted by Gasteiger charge is -2.56. The number of morpholine rings is 1. The van der Waals surface area contributed by atoms with Crippen LogP contribution in [0.4, 0.5) is 0 Å². The number of fused-ring (bicyclic) bond motifs is 6. The molecule has 1 aromatic carbocycles. The van der Waals surface area contributed by atoms with Crippen molar-refractivity contribution in [3.8, 4) is 0 Å². The van der Waals surface area contributed by atoms with Gasteiger partial charge in [0.15, 0.2) is 0 Å². The Kier molecular flexibility index (Phi) is 5.36. The Morgan fingerprint density at radius 3 is 2.74 bits per heavy atom. The monoisotopic (exact) mass is 456 g/mol. The van der Waals surface area contributed by atoms with Gasteiger partial charge in [-0.3, -0.25) is 9.88 Å². The first-order valence-corrected chi connectivity index (χ1v) is 14.1. The minimum atomic E-state index is 0.361. The highest BCUT2D eigenvalue weighted by molar-refractivity contribution is 5.86. The summed E-state index contributed by atoms with van der Waals surface area (Å²) in [6.45, 7) is 6.82. The van der Waals surface area contributed by atoms with Crippen LogP contribution in [0, 0.1) is 35.0 Å². The van der Waals surface area contributed by atoms with Gasteiger partial charge in [0.25, 0.3) is 0 Å². The fourth-order valence-electron chi connectivity index (χ4n) is 9.37. The van der Waals surface area contributed by atoms with Gasteiger partial charge in [0.1, 0.15) is 0 Å². The van der Waals surface area contributed by atoms with Gasteiger partial charge in [-0.05, 0) is 115 Å². The van der Waals surface area contributed by atoms with Gasteiger partial charge in [-0.15, -0.1) is 0 Å². The summed E-state index contributed by atoms with van der Waals surface area (Å²) in [5.74, 6) is 4.76. The number of nitrogens with zero attached hydrogens (tertiary/aromatic N) is 2. The predicted molar refractivity (Wildman–Crippen MR) is 138 cm³/mol. The highest BCUT2D eigenvalue weighted by Gasteiger charge is 2.55. The van der Waals surface area contributed by atoms with Crippen LogP contribution in [0.5, 0.6) is 0 Å². The van der Waals surface area contributed by atoms with Crippen LogP contribution in [0.1, 0.15) is 63.9 Å². The molecule has 0 N–H and O–H groups in total. The fourth-order valence-corrected chi connectivity index (χ4v) is 9.37. The Bertz CT molecular complexity index is 1090.